The average molecular weight is 287 g/mol. The molecular weight excluding hydrogens is 276 g/mol. The first kappa shape index (κ1) is 12.9. The van der Waals surface area contributed by atoms with Crippen molar-refractivity contribution in [3.63, 3.8) is 0 Å². The van der Waals surface area contributed by atoms with Crippen molar-refractivity contribution < 1.29 is 8.78 Å². The van der Waals surface area contributed by atoms with Crippen molar-refractivity contribution in [1.29, 1.82) is 0 Å². The standard InChI is InChI=1S/C16H11F2NS/c17-12-8-14(18)16(19)15(9-12)20-13-6-5-10-3-1-2-4-11(10)7-13/h1-9H,19H2. The van der Waals surface area contributed by atoms with Gasteiger partial charge in [0.1, 0.15) is 11.6 Å². The largest absolute Gasteiger partial charge is 0.395 e. The molecule has 0 unspecified atom stereocenters. The second-order valence-electron chi connectivity index (χ2n) is 4.41. The summed E-state index contributed by atoms with van der Waals surface area (Å²) in [6.07, 6.45) is 0. The summed E-state index contributed by atoms with van der Waals surface area (Å²) in [4.78, 5) is 1.28. The van der Waals surface area contributed by atoms with E-state index in [1.807, 2.05) is 42.5 Å². The number of fused-ring (bicyclic) bond motifs is 1. The van der Waals surface area contributed by atoms with Crippen LogP contribution in [0.3, 0.4) is 0 Å². The molecule has 3 aromatic carbocycles. The molecular formula is C16H11F2NS. The van der Waals surface area contributed by atoms with E-state index in [4.69, 9.17) is 5.73 Å². The lowest BCUT2D eigenvalue weighted by molar-refractivity contribution is 0.581. The van der Waals surface area contributed by atoms with E-state index in [0.29, 0.717) is 4.90 Å². The van der Waals surface area contributed by atoms with Crippen LogP contribution in [0.15, 0.2) is 64.4 Å². The molecule has 0 amide bonds. The van der Waals surface area contributed by atoms with Gasteiger partial charge in [-0.3, -0.25) is 0 Å². The van der Waals surface area contributed by atoms with Gasteiger partial charge in [-0.25, -0.2) is 8.78 Å². The van der Waals surface area contributed by atoms with Crippen LogP contribution in [0.25, 0.3) is 10.8 Å². The smallest absolute Gasteiger partial charge is 0.150 e. The summed E-state index contributed by atoms with van der Waals surface area (Å²) in [7, 11) is 0. The van der Waals surface area contributed by atoms with E-state index < -0.39 is 11.6 Å². The van der Waals surface area contributed by atoms with Crippen LogP contribution >= 0.6 is 11.8 Å². The van der Waals surface area contributed by atoms with E-state index in [-0.39, 0.29) is 5.69 Å². The molecule has 0 heterocycles. The summed E-state index contributed by atoms with van der Waals surface area (Å²) in [5, 5.41) is 2.20. The molecule has 0 fully saturated rings. The Hall–Kier alpha value is -2.07. The summed E-state index contributed by atoms with van der Waals surface area (Å²) in [5.74, 6) is -1.35. The molecule has 0 saturated carbocycles. The molecule has 1 nitrogen and oxygen atoms in total. The van der Waals surface area contributed by atoms with Crippen LogP contribution in [0.2, 0.25) is 0 Å². The van der Waals surface area contributed by atoms with Gasteiger partial charge in [0, 0.05) is 15.9 Å². The molecule has 100 valence electrons. The van der Waals surface area contributed by atoms with Gasteiger partial charge in [-0.1, -0.05) is 42.1 Å². The van der Waals surface area contributed by atoms with Gasteiger partial charge >= 0.3 is 0 Å². The van der Waals surface area contributed by atoms with Gasteiger partial charge in [0.05, 0.1) is 5.69 Å². The first-order valence-corrected chi connectivity index (χ1v) is 6.86. The highest BCUT2D eigenvalue weighted by molar-refractivity contribution is 7.99. The first-order valence-electron chi connectivity index (χ1n) is 6.04. The van der Waals surface area contributed by atoms with E-state index in [1.165, 1.54) is 17.8 Å². The number of hydrogen-bond acceptors (Lipinski definition) is 2. The summed E-state index contributed by atoms with van der Waals surface area (Å²) >= 11 is 1.25. The predicted octanol–water partition coefficient (Wildman–Crippen LogP) is 4.85. The van der Waals surface area contributed by atoms with Gasteiger partial charge < -0.3 is 5.73 Å². The summed E-state index contributed by atoms with van der Waals surface area (Å²) in [5.41, 5.74) is 5.63. The molecule has 3 rings (SSSR count). The molecule has 0 aliphatic heterocycles. The normalized spacial score (nSPS) is 10.9. The molecule has 0 bridgehead atoms. The van der Waals surface area contributed by atoms with Gasteiger partial charge in [0.2, 0.25) is 0 Å². The van der Waals surface area contributed by atoms with Crippen molar-refractivity contribution in [3.05, 3.63) is 66.2 Å². The lowest BCUT2D eigenvalue weighted by atomic mass is 10.1. The Kier molecular flexibility index (Phi) is 3.32. The topological polar surface area (TPSA) is 26.0 Å². The molecule has 0 atom stereocenters. The maximum atomic E-state index is 13.4. The van der Waals surface area contributed by atoms with Crippen molar-refractivity contribution in [2.75, 3.05) is 5.73 Å². The fourth-order valence-electron chi connectivity index (χ4n) is 2.00. The zero-order valence-electron chi connectivity index (χ0n) is 10.4. The molecule has 4 heteroatoms. The summed E-state index contributed by atoms with van der Waals surface area (Å²) < 4.78 is 26.7. The van der Waals surface area contributed by atoms with Crippen molar-refractivity contribution in [3.8, 4) is 0 Å². The minimum Gasteiger partial charge on any atom is -0.395 e. The zero-order chi connectivity index (χ0) is 14.1. The van der Waals surface area contributed by atoms with E-state index in [0.717, 1.165) is 21.7 Å². The quantitative estimate of drug-likeness (QED) is 0.682. The molecule has 20 heavy (non-hydrogen) atoms. The van der Waals surface area contributed by atoms with Crippen LogP contribution < -0.4 is 5.73 Å². The molecule has 3 aromatic rings. The Morgan fingerprint density at radius 2 is 1.60 bits per heavy atom. The van der Waals surface area contributed by atoms with Crippen LogP contribution in [0.4, 0.5) is 14.5 Å². The Labute approximate surface area is 119 Å². The first-order chi connectivity index (χ1) is 9.63. The van der Waals surface area contributed by atoms with E-state index in [9.17, 15) is 8.78 Å². The number of nitrogens with two attached hydrogens (primary N) is 1. The second-order valence-corrected chi connectivity index (χ2v) is 5.53. The minimum atomic E-state index is -0.728. The summed E-state index contributed by atoms with van der Waals surface area (Å²) in [6, 6.07) is 15.8. The van der Waals surface area contributed by atoms with Crippen molar-refractivity contribution in [2.45, 2.75) is 9.79 Å². The van der Waals surface area contributed by atoms with Crippen molar-refractivity contribution in [2.24, 2.45) is 0 Å². The highest BCUT2D eigenvalue weighted by Gasteiger charge is 2.10. The van der Waals surface area contributed by atoms with Crippen molar-refractivity contribution in [1.82, 2.24) is 0 Å². The van der Waals surface area contributed by atoms with Crippen LogP contribution in [0.5, 0.6) is 0 Å². The molecule has 0 saturated heterocycles. The van der Waals surface area contributed by atoms with Gasteiger partial charge in [-0.15, -0.1) is 0 Å². The van der Waals surface area contributed by atoms with E-state index >= 15 is 0 Å². The third-order valence-electron chi connectivity index (χ3n) is 3.01. The fourth-order valence-corrected chi connectivity index (χ4v) is 2.96. The van der Waals surface area contributed by atoms with Crippen LogP contribution in [0.1, 0.15) is 0 Å². The Bertz CT molecular complexity index is 787. The van der Waals surface area contributed by atoms with Gasteiger partial charge in [-0.05, 0) is 29.0 Å². The van der Waals surface area contributed by atoms with Crippen LogP contribution in [-0.2, 0) is 0 Å². The molecule has 0 aliphatic rings. The Morgan fingerprint density at radius 3 is 2.40 bits per heavy atom. The third-order valence-corrected chi connectivity index (χ3v) is 4.05. The average Bonchev–Trinajstić information content (AvgIpc) is 2.44. The number of halogens is 2. The predicted molar refractivity (Wildman–Crippen MR) is 78.8 cm³/mol. The maximum Gasteiger partial charge on any atom is 0.150 e. The Morgan fingerprint density at radius 1 is 0.850 bits per heavy atom. The van der Waals surface area contributed by atoms with Crippen molar-refractivity contribution >= 4 is 28.2 Å². The zero-order valence-corrected chi connectivity index (χ0v) is 11.3. The molecule has 2 N–H and O–H groups in total. The molecule has 0 radical (unpaired) electrons. The minimum absolute atomic E-state index is 0.0236. The molecule has 0 aliphatic carbocycles. The Balaban J connectivity index is 2.01. The number of benzene rings is 3. The van der Waals surface area contributed by atoms with Crippen LogP contribution in [-0.4, -0.2) is 0 Å². The van der Waals surface area contributed by atoms with Gasteiger partial charge in [0.25, 0.3) is 0 Å². The maximum absolute atomic E-state index is 13.4. The highest BCUT2D eigenvalue weighted by Crippen LogP contribution is 2.35. The fraction of sp³-hybridized carbons (Fsp3) is 0. The van der Waals surface area contributed by atoms with Crippen LogP contribution in [0, 0.1) is 11.6 Å². The van der Waals surface area contributed by atoms with Gasteiger partial charge in [0.15, 0.2) is 0 Å². The number of rotatable bonds is 2. The lowest BCUT2D eigenvalue weighted by Crippen LogP contribution is -1.94. The third kappa shape index (κ3) is 2.47. The molecule has 0 aromatic heterocycles. The number of anilines is 1. The molecule has 0 spiro atoms. The number of nitrogen functional groups attached to an aromatic ring is 1. The SMILES string of the molecule is Nc1c(F)cc(F)cc1Sc1ccc2ccccc2c1. The highest BCUT2D eigenvalue weighted by atomic mass is 32.2. The monoisotopic (exact) mass is 287 g/mol. The van der Waals surface area contributed by atoms with E-state index in [1.54, 1.807) is 0 Å². The van der Waals surface area contributed by atoms with Gasteiger partial charge in [-0.2, -0.15) is 0 Å². The van der Waals surface area contributed by atoms with E-state index in [2.05, 4.69) is 0 Å². The second kappa shape index (κ2) is 5.13. The summed E-state index contributed by atoms with van der Waals surface area (Å²) in [6.45, 7) is 0. The number of hydrogen-bond donors (Lipinski definition) is 1. The lowest BCUT2D eigenvalue weighted by Gasteiger charge is -2.07.